The molecular formula is C30H23BSi. The van der Waals surface area contributed by atoms with E-state index in [0.717, 1.165) is 0 Å². The van der Waals surface area contributed by atoms with Crippen molar-refractivity contribution in [3.8, 4) is 0 Å². The second-order valence-electron chi connectivity index (χ2n) is 9.75. The van der Waals surface area contributed by atoms with Crippen molar-refractivity contribution in [1.82, 2.24) is 0 Å². The van der Waals surface area contributed by atoms with E-state index >= 15 is 0 Å². The Morgan fingerprint density at radius 2 is 1.25 bits per heavy atom. The lowest BCUT2D eigenvalue weighted by Crippen LogP contribution is -2.76. The highest BCUT2D eigenvalue weighted by Gasteiger charge is 2.42. The van der Waals surface area contributed by atoms with Gasteiger partial charge in [0.1, 0.15) is 8.07 Å². The number of hydrogen-bond acceptors (Lipinski definition) is 0. The maximum absolute atomic E-state index is 2.54. The average Bonchev–Trinajstić information content (AvgIpc) is 2.83. The van der Waals surface area contributed by atoms with E-state index < -0.39 is 8.07 Å². The highest BCUT2D eigenvalue weighted by molar-refractivity contribution is 7.14. The number of rotatable bonds is 1. The zero-order valence-electron chi connectivity index (χ0n) is 18.4. The summed E-state index contributed by atoms with van der Waals surface area (Å²) in [5.41, 5.74) is 4.40. The summed E-state index contributed by atoms with van der Waals surface area (Å²) in [7, 11) is -1.90. The molecule has 0 unspecified atom stereocenters. The van der Waals surface area contributed by atoms with Crippen molar-refractivity contribution in [1.29, 1.82) is 0 Å². The van der Waals surface area contributed by atoms with Crippen molar-refractivity contribution in [2.24, 2.45) is 0 Å². The van der Waals surface area contributed by atoms with Crippen LogP contribution in [0.15, 0.2) is 103 Å². The largest absolute Gasteiger partial charge is 0.240 e. The monoisotopic (exact) mass is 422 g/mol. The van der Waals surface area contributed by atoms with Crippen molar-refractivity contribution in [2.45, 2.75) is 13.1 Å². The van der Waals surface area contributed by atoms with Gasteiger partial charge in [0, 0.05) is 0 Å². The van der Waals surface area contributed by atoms with Crippen LogP contribution in [0.2, 0.25) is 13.1 Å². The fourth-order valence-electron chi connectivity index (χ4n) is 6.38. The Kier molecular flexibility index (Phi) is 3.61. The molecule has 0 bridgehead atoms. The summed E-state index contributed by atoms with van der Waals surface area (Å²) in [6.45, 7) is 5.37. The normalized spacial score (nSPS) is 14.8. The van der Waals surface area contributed by atoms with E-state index in [1.807, 2.05) is 0 Å². The molecule has 0 spiro atoms. The van der Waals surface area contributed by atoms with Gasteiger partial charge in [-0.15, -0.1) is 0 Å². The van der Waals surface area contributed by atoms with Crippen LogP contribution < -0.4 is 26.8 Å². The van der Waals surface area contributed by atoms with Gasteiger partial charge in [-0.2, -0.15) is 0 Å². The molecule has 6 aromatic carbocycles. The first-order chi connectivity index (χ1) is 15.6. The Hall–Kier alpha value is -3.36. The van der Waals surface area contributed by atoms with Gasteiger partial charge in [0.2, 0.25) is 6.71 Å². The molecule has 7 rings (SSSR count). The molecule has 0 aliphatic carbocycles. The van der Waals surface area contributed by atoms with Gasteiger partial charge in [0.25, 0.3) is 0 Å². The summed E-state index contributed by atoms with van der Waals surface area (Å²) < 4.78 is 0. The summed E-state index contributed by atoms with van der Waals surface area (Å²) in [4.78, 5) is 0. The molecule has 1 aliphatic heterocycles. The third kappa shape index (κ3) is 2.28. The van der Waals surface area contributed by atoms with Gasteiger partial charge in [0.05, 0.1) is 0 Å². The van der Waals surface area contributed by atoms with Gasteiger partial charge in [-0.05, 0) is 32.3 Å². The fourth-order valence-corrected chi connectivity index (χ4v) is 9.93. The van der Waals surface area contributed by atoms with Gasteiger partial charge >= 0.3 is 0 Å². The van der Waals surface area contributed by atoms with Crippen LogP contribution in [-0.4, -0.2) is 14.8 Å². The number of fused-ring (bicyclic) bond motifs is 3. The molecule has 0 N–H and O–H groups in total. The quantitative estimate of drug-likeness (QED) is 0.275. The van der Waals surface area contributed by atoms with Crippen LogP contribution in [0.4, 0.5) is 0 Å². The predicted molar refractivity (Wildman–Crippen MR) is 144 cm³/mol. The highest BCUT2D eigenvalue weighted by Crippen LogP contribution is 2.34. The highest BCUT2D eigenvalue weighted by atomic mass is 28.3. The zero-order valence-corrected chi connectivity index (χ0v) is 19.4. The molecular weight excluding hydrogens is 399 g/mol. The fraction of sp³-hybridized carbons (Fsp3) is 0.0667. The molecule has 6 aromatic rings. The minimum atomic E-state index is -1.90. The van der Waals surface area contributed by atoms with Gasteiger partial charge in [-0.1, -0.05) is 143 Å². The van der Waals surface area contributed by atoms with Crippen LogP contribution in [0.1, 0.15) is 0 Å². The lowest BCUT2D eigenvalue weighted by molar-refractivity contribution is 1.70. The number of hydrogen-bond donors (Lipinski definition) is 0. The molecule has 0 nitrogen and oxygen atoms in total. The second-order valence-corrected chi connectivity index (χ2v) is 14.0. The van der Waals surface area contributed by atoms with Crippen molar-refractivity contribution >= 4 is 73.9 Å². The Morgan fingerprint density at radius 1 is 0.562 bits per heavy atom. The molecule has 0 saturated carbocycles. The van der Waals surface area contributed by atoms with E-state index in [0.29, 0.717) is 0 Å². The molecule has 1 heterocycles. The van der Waals surface area contributed by atoms with Gasteiger partial charge in [-0.3, -0.25) is 0 Å². The SMILES string of the molecule is C[Si]1(C)c2ccccc2B(c2ccccc2)c2cc3ccc4cccc5ccc(c21)c3c45. The topological polar surface area (TPSA) is 0 Å². The van der Waals surface area contributed by atoms with Crippen LogP contribution in [0, 0.1) is 0 Å². The van der Waals surface area contributed by atoms with E-state index in [9.17, 15) is 0 Å². The number of benzene rings is 6. The lowest BCUT2D eigenvalue weighted by Gasteiger charge is -2.38. The lowest BCUT2D eigenvalue weighted by atomic mass is 9.36. The Bertz CT molecular complexity index is 1630. The van der Waals surface area contributed by atoms with E-state index in [4.69, 9.17) is 0 Å². The standard InChI is InChI=1S/C30H23BSi/c1-32(2)27-14-7-6-13-25(27)31(23-11-4-3-5-12-23)26-19-22-16-15-20-9-8-10-21-17-18-24(30(26)32)29(22)28(20)21/h3-19H,1-2H3. The predicted octanol–water partition coefficient (Wildman–Crippen LogP) is 4.24. The first-order valence-electron chi connectivity index (χ1n) is 11.5. The minimum absolute atomic E-state index is 0.282. The molecule has 150 valence electrons. The molecule has 0 fully saturated rings. The third-order valence-electron chi connectivity index (χ3n) is 7.69. The van der Waals surface area contributed by atoms with E-state index in [-0.39, 0.29) is 6.71 Å². The molecule has 0 radical (unpaired) electrons. The van der Waals surface area contributed by atoms with Crippen molar-refractivity contribution < 1.29 is 0 Å². The van der Waals surface area contributed by atoms with Crippen LogP contribution in [0.3, 0.4) is 0 Å². The first kappa shape index (κ1) is 18.2. The smallest absolute Gasteiger partial charge is 0.0690 e. The van der Waals surface area contributed by atoms with Crippen LogP contribution in [0.25, 0.3) is 32.3 Å². The van der Waals surface area contributed by atoms with Crippen molar-refractivity contribution in [3.05, 3.63) is 103 Å². The summed E-state index contributed by atoms with van der Waals surface area (Å²) >= 11 is 0. The zero-order chi connectivity index (χ0) is 21.4. The maximum atomic E-state index is 2.54. The molecule has 1 aliphatic rings. The summed E-state index contributed by atoms with van der Waals surface area (Å²) in [6, 6.07) is 38.9. The van der Waals surface area contributed by atoms with E-state index in [1.54, 1.807) is 10.4 Å². The Morgan fingerprint density at radius 3 is 2.06 bits per heavy atom. The molecule has 2 heteroatoms. The minimum Gasteiger partial charge on any atom is -0.0690 e. The van der Waals surface area contributed by atoms with Gasteiger partial charge in [-0.25, -0.2) is 0 Å². The van der Waals surface area contributed by atoms with Gasteiger partial charge < -0.3 is 0 Å². The first-order valence-corrected chi connectivity index (χ1v) is 14.5. The molecule has 0 amide bonds. The van der Waals surface area contributed by atoms with E-state index in [2.05, 4.69) is 116 Å². The molecule has 0 atom stereocenters. The average molecular weight is 422 g/mol. The molecule has 32 heavy (non-hydrogen) atoms. The van der Waals surface area contributed by atoms with Gasteiger partial charge in [0.15, 0.2) is 0 Å². The molecule has 0 saturated heterocycles. The Labute approximate surface area is 189 Å². The summed E-state index contributed by atoms with van der Waals surface area (Å²) in [5, 5.41) is 11.6. The van der Waals surface area contributed by atoms with Crippen molar-refractivity contribution in [3.63, 3.8) is 0 Å². The Balaban J connectivity index is 1.69. The molecule has 0 aromatic heterocycles. The van der Waals surface area contributed by atoms with Crippen LogP contribution in [-0.2, 0) is 0 Å². The second kappa shape index (κ2) is 6.34. The van der Waals surface area contributed by atoms with Crippen molar-refractivity contribution in [2.75, 3.05) is 0 Å². The van der Waals surface area contributed by atoms with Crippen LogP contribution >= 0.6 is 0 Å². The summed E-state index contributed by atoms with van der Waals surface area (Å²) in [6.07, 6.45) is 0. The summed E-state index contributed by atoms with van der Waals surface area (Å²) in [5.74, 6) is 0. The van der Waals surface area contributed by atoms with Crippen LogP contribution in [0.5, 0.6) is 0 Å². The third-order valence-corrected chi connectivity index (χ3v) is 11.3. The maximum Gasteiger partial charge on any atom is 0.240 e. The van der Waals surface area contributed by atoms with E-state index in [1.165, 1.54) is 48.7 Å².